The van der Waals surface area contributed by atoms with Gasteiger partial charge in [0.15, 0.2) is 17.3 Å². The molecule has 6 aromatic carbocycles. The number of likely N-dealkylation sites (tertiary alicyclic amines) is 1. The highest BCUT2D eigenvalue weighted by atomic mass is 16.5. The zero-order chi connectivity index (χ0) is 83.4. The molecular formula is C95H91N5O20. The summed E-state index contributed by atoms with van der Waals surface area (Å²) >= 11 is 0. The Morgan fingerprint density at radius 2 is 0.733 bits per heavy atom. The van der Waals surface area contributed by atoms with Gasteiger partial charge in [0.05, 0.1) is 40.0 Å². The first-order chi connectivity index (χ1) is 57.9. The molecule has 8 aliphatic carbocycles. The summed E-state index contributed by atoms with van der Waals surface area (Å²) in [7, 11) is 1.42. The van der Waals surface area contributed by atoms with Crippen molar-refractivity contribution in [3.63, 3.8) is 0 Å². The molecule has 0 N–H and O–H groups in total. The normalized spacial score (nSPS) is 31.6. The van der Waals surface area contributed by atoms with Crippen molar-refractivity contribution in [2.45, 2.75) is 148 Å². The van der Waals surface area contributed by atoms with Crippen LogP contribution in [-0.2, 0) is 67.1 Å². The third-order valence-corrected chi connectivity index (χ3v) is 29.5. The number of hydrogen-bond donors (Lipinski definition) is 0. The van der Waals surface area contributed by atoms with Crippen LogP contribution < -0.4 is 33.8 Å². The molecule has 25 nitrogen and oxygen atoms in total. The molecule has 10 amide bonds. The minimum absolute atomic E-state index is 0.00234. The second kappa shape index (κ2) is 30.3. The number of piperidine rings is 5. The fraction of sp³-hybridized carbons (Fsp3) is 0.453. The molecule has 25 heteroatoms. The summed E-state index contributed by atoms with van der Waals surface area (Å²) in [6, 6.07) is 34.1. The summed E-state index contributed by atoms with van der Waals surface area (Å²) in [5.41, 5.74) is 2.27. The van der Waals surface area contributed by atoms with E-state index in [0.717, 1.165) is 68.8 Å². The maximum atomic E-state index is 15.7. The number of hydrogen-bond acceptors (Lipinski definition) is 20. The van der Waals surface area contributed by atoms with E-state index in [1.807, 2.05) is 19.1 Å². The number of nitrogens with zero attached hydrogens (tertiary/aromatic N) is 5. The van der Waals surface area contributed by atoms with Gasteiger partial charge in [-0.3, -0.25) is 72.0 Å². The van der Waals surface area contributed by atoms with Gasteiger partial charge in [-0.1, -0.05) is 94.1 Å². The van der Waals surface area contributed by atoms with Gasteiger partial charge in [0, 0.05) is 126 Å². The number of esters is 3. The SMILES string of the molecule is CCCCCCOC1CCC(c2ccc(C(=O)Oc3cc(C)cc(N4C(=O)C5CC(C4=O)C4C6CC(C(=O)N(c7cc(OC(=O)c8ccc(C(=O)c9ccccc9)cc8)cc(N8C(=O)C9CC(C8=O)C8C%10CC(C(=O)N(c%11cc(OC(=O)CCCC)cc(C%12C(=O)C%13CC(C%12=O)C%12C%14CC(C(=O)N(C)C%14=O)C%13%12)c%11)C%10=O)C98)c7)C6=O)C54)c3)cc2)CC1. The number of rotatable bonds is 22. The van der Waals surface area contributed by atoms with Crippen LogP contribution >= 0.6 is 0 Å². The third-order valence-electron chi connectivity index (χ3n) is 29.5. The van der Waals surface area contributed by atoms with Gasteiger partial charge in [0.2, 0.25) is 59.1 Å². The number of Topliss-reactive ketones (excluding diaryl/α,β-unsaturated/α-hetero) is 2. The van der Waals surface area contributed by atoms with Crippen LogP contribution in [0.1, 0.15) is 188 Å². The van der Waals surface area contributed by atoms with Gasteiger partial charge in [-0.2, -0.15) is 0 Å². The molecule has 5 aliphatic heterocycles. The summed E-state index contributed by atoms with van der Waals surface area (Å²) in [4.78, 5) is 241. The maximum Gasteiger partial charge on any atom is 0.343 e. The fourth-order valence-electron chi connectivity index (χ4n) is 24.3. The molecule has 19 rings (SSSR count). The first-order valence-electron chi connectivity index (χ1n) is 42.8. The number of carbonyl (C=O) groups is 16. The van der Waals surface area contributed by atoms with Gasteiger partial charge in [-0.05, 0) is 197 Å². The van der Waals surface area contributed by atoms with Crippen molar-refractivity contribution in [1.29, 1.82) is 0 Å². The van der Waals surface area contributed by atoms with E-state index in [0.29, 0.717) is 35.4 Å². The Hall–Kier alpha value is -11.6. The first kappa shape index (κ1) is 78.3. The fourth-order valence-corrected chi connectivity index (χ4v) is 24.3. The lowest BCUT2D eigenvalue weighted by Crippen LogP contribution is -2.53. The molecule has 0 aromatic heterocycles. The maximum absolute atomic E-state index is 15.7. The molecule has 5 saturated heterocycles. The highest BCUT2D eigenvalue weighted by molar-refractivity contribution is 6.26. The smallest absolute Gasteiger partial charge is 0.343 e. The lowest BCUT2D eigenvalue weighted by Gasteiger charge is -2.38. The number of unbranched alkanes of at least 4 members (excludes halogenated alkanes) is 4. The van der Waals surface area contributed by atoms with E-state index in [2.05, 4.69) is 6.92 Å². The second-order valence-electron chi connectivity index (χ2n) is 35.8. The van der Waals surface area contributed by atoms with Crippen LogP contribution in [0.15, 0.2) is 133 Å². The number of ketones is 3. The van der Waals surface area contributed by atoms with Crippen molar-refractivity contribution in [2.75, 3.05) is 33.3 Å². The zero-order valence-electron chi connectivity index (χ0n) is 67.0. The Bertz CT molecular complexity index is 5320. The number of anilines is 4. The predicted molar refractivity (Wildman–Crippen MR) is 428 cm³/mol. The van der Waals surface area contributed by atoms with Gasteiger partial charge in [0.1, 0.15) is 23.2 Å². The molecule has 0 spiro atoms. The number of benzene rings is 6. The summed E-state index contributed by atoms with van der Waals surface area (Å²) in [6.45, 7) is 6.60. The van der Waals surface area contributed by atoms with E-state index in [4.69, 9.17) is 18.9 Å². The van der Waals surface area contributed by atoms with Crippen molar-refractivity contribution in [1.82, 2.24) is 4.90 Å². The van der Waals surface area contributed by atoms with Crippen molar-refractivity contribution >= 4 is 117 Å². The average Bonchev–Trinajstić information content (AvgIpc) is 1.53. The van der Waals surface area contributed by atoms with Crippen LogP contribution in [0, 0.1) is 113 Å². The Morgan fingerprint density at radius 1 is 0.358 bits per heavy atom. The molecule has 13 aliphatic rings. The highest BCUT2D eigenvalue weighted by Crippen LogP contribution is 2.66. The Morgan fingerprint density at radius 3 is 1.18 bits per heavy atom. The van der Waals surface area contributed by atoms with Crippen molar-refractivity contribution < 1.29 is 95.7 Å². The quantitative estimate of drug-likeness (QED) is 0.0116. The van der Waals surface area contributed by atoms with Crippen LogP contribution in [0.2, 0.25) is 0 Å². The molecule has 13 fully saturated rings. The second-order valence-corrected chi connectivity index (χ2v) is 35.8. The molecule has 12 bridgehead atoms. The van der Waals surface area contributed by atoms with E-state index in [-0.39, 0.29) is 114 Å². The van der Waals surface area contributed by atoms with E-state index < -0.39 is 201 Å². The molecule has 8 saturated carbocycles. The average molecular weight is 1620 g/mol. The standard InChI is InChI=1S/C95H91N5O20/c1-5-7-9-13-29-117-57-27-25-47(26-28-57)46-17-21-50(22-18-46)94(115)119-58-31-45(3)30-53(35-58)97-86(107)65-41-66(87(97)108)78-70-43-69(77(65)78)90(111)99(91(70)112)55-34-56(38-60(37-55)120-95(116)51-23-19-49(20-24-51)81(102)48-14-11-10-12-15-48)100-92(113)71-44-72(93(100)114)80-68-42-67(79(71)80)88(109)98(89(68)110)54-32-52(33-59(36-54)118-73(101)16-8-6-2)74-82(103)61-39-62(83(74)104)76-64-40-63(75(61)76)84(105)96(4)85(64)106/h10-12,14-15,17-24,30-38,47,57,61-72,74-80H,5-9,13,16,25-29,39-44H2,1-4H3. The van der Waals surface area contributed by atoms with Crippen molar-refractivity contribution in [2.24, 2.45) is 107 Å². The van der Waals surface area contributed by atoms with E-state index in [1.54, 1.807) is 61.5 Å². The predicted octanol–water partition coefficient (Wildman–Crippen LogP) is 12.0. The summed E-state index contributed by atoms with van der Waals surface area (Å²) < 4.78 is 24.1. The number of fused-ring (bicyclic) bond motifs is 27. The van der Waals surface area contributed by atoms with Gasteiger partial charge >= 0.3 is 17.9 Å². The summed E-state index contributed by atoms with van der Waals surface area (Å²) in [5, 5.41) is 0. The summed E-state index contributed by atoms with van der Waals surface area (Å²) in [6.07, 6.45) is 10.2. The lowest BCUT2D eigenvalue weighted by molar-refractivity contribution is -0.153. The largest absolute Gasteiger partial charge is 0.426 e. The molecule has 5 heterocycles. The zero-order valence-corrected chi connectivity index (χ0v) is 67.0. The van der Waals surface area contributed by atoms with Crippen LogP contribution in [-0.4, -0.2) is 119 Å². The van der Waals surface area contributed by atoms with Crippen LogP contribution in [0.4, 0.5) is 22.7 Å². The molecular weight excluding hydrogens is 1530 g/mol. The minimum atomic E-state index is -1.47. The van der Waals surface area contributed by atoms with Crippen molar-refractivity contribution in [3.05, 3.63) is 172 Å². The molecule has 18 atom stereocenters. The first-order valence-corrected chi connectivity index (χ1v) is 42.8. The molecule has 616 valence electrons. The Balaban J connectivity index is 0.593. The van der Waals surface area contributed by atoms with Crippen LogP contribution in [0.25, 0.3) is 0 Å². The highest BCUT2D eigenvalue weighted by Gasteiger charge is 2.72. The van der Waals surface area contributed by atoms with Gasteiger partial charge in [-0.25, -0.2) is 29.2 Å². The number of imide groups is 5. The van der Waals surface area contributed by atoms with E-state index in [9.17, 15) is 38.4 Å². The molecule has 6 aromatic rings. The van der Waals surface area contributed by atoms with E-state index in [1.165, 1.54) is 93.0 Å². The van der Waals surface area contributed by atoms with Gasteiger partial charge in [0.25, 0.3) is 0 Å². The number of ether oxygens (including phenoxy) is 4. The van der Waals surface area contributed by atoms with Gasteiger partial charge in [-0.15, -0.1) is 0 Å². The minimum Gasteiger partial charge on any atom is -0.426 e. The summed E-state index contributed by atoms with van der Waals surface area (Å²) in [5.74, 6) is -27.2. The Kier molecular flexibility index (Phi) is 19.7. The third kappa shape index (κ3) is 12.7. The molecule has 0 radical (unpaired) electrons. The van der Waals surface area contributed by atoms with Crippen LogP contribution in [0.5, 0.6) is 17.2 Å². The van der Waals surface area contributed by atoms with Crippen LogP contribution in [0.3, 0.4) is 0 Å². The monoisotopic (exact) mass is 1620 g/mol. The van der Waals surface area contributed by atoms with Crippen molar-refractivity contribution in [3.8, 4) is 17.2 Å². The van der Waals surface area contributed by atoms with Gasteiger partial charge < -0.3 is 18.9 Å². The topological polar surface area (TPSA) is 326 Å². The number of amides is 10. The molecule has 120 heavy (non-hydrogen) atoms. The lowest BCUT2D eigenvalue weighted by atomic mass is 9.71. The molecule has 18 unspecified atom stereocenters. The Labute approximate surface area is 691 Å². The number of carbonyl (C=O) groups excluding carboxylic acids is 16. The number of aryl methyl sites for hydroxylation is 1. The van der Waals surface area contributed by atoms with E-state index >= 15 is 38.4 Å².